The van der Waals surface area contributed by atoms with E-state index in [9.17, 15) is 0 Å². The molecule has 0 aliphatic carbocycles. The molecule has 0 aromatic heterocycles. The zero-order chi connectivity index (χ0) is 10.1. The lowest BCUT2D eigenvalue weighted by molar-refractivity contribution is 0.328. The molecule has 0 spiro atoms. The molecule has 0 bridgehead atoms. The molecule has 0 saturated carbocycles. The largest absolute Gasteiger partial charge is 0.478 e. The van der Waals surface area contributed by atoms with Crippen LogP contribution < -0.4 is 0 Å². The molecule has 0 fully saturated rings. The Morgan fingerprint density at radius 1 is 1.50 bits per heavy atom. The highest BCUT2D eigenvalue weighted by Crippen LogP contribution is 2.31. The van der Waals surface area contributed by atoms with Crippen molar-refractivity contribution < 1.29 is 4.74 Å². The van der Waals surface area contributed by atoms with Gasteiger partial charge in [-0.1, -0.05) is 15.9 Å². The zero-order valence-electron chi connectivity index (χ0n) is 8.25. The van der Waals surface area contributed by atoms with Gasteiger partial charge in [0.25, 0.3) is 0 Å². The van der Waals surface area contributed by atoms with Crippen molar-refractivity contribution in [2.75, 3.05) is 6.61 Å². The van der Waals surface area contributed by atoms with Crippen molar-refractivity contribution in [1.82, 2.24) is 0 Å². The third-order valence-corrected chi connectivity index (χ3v) is 2.78. The second-order valence-electron chi connectivity index (χ2n) is 3.27. The predicted octanol–water partition coefficient (Wildman–Crippen LogP) is 3.31. The Bertz CT molecular complexity index is 387. The molecular weight excluding hydrogens is 242 g/mol. The minimum Gasteiger partial charge on any atom is -0.478 e. The lowest BCUT2D eigenvalue weighted by Gasteiger charge is -2.04. The maximum Gasteiger partial charge on any atom is 0.217 e. The highest BCUT2D eigenvalue weighted by Gasteiger charge is 2.22. The number of hydrogen-bond acceptors (Lipinski definition) is 2. The van der Waals surface area contributed by atoms with Crippen LogP contribution in [0.1, 0.15) is 31.0 Å². The number of hydrogen-bond donors (Lipinski definition) is 0. The summed E-state index contributed by atoms with van der Waals surface area (Å²) in [6, 6.07) is 6.39. The van der Waals surface area contributed by atoms with E-state index in [4.69, 9.17) is 4.74 Å². The Balaban J connectivity index is 2.42. The molecule has 0 radical (unpaired) electrons. The third kappa shape index (κ3) is 1.57. The summed E-state index contributed by atoms with van der Waals surface area (Å²) in [7, 11) is 0. The average Bonchev–Trinajstić information content (AvgIpc) is 2.44. The van der Waals surface area contributed by atoms with Crippen molar-refractivity contribution in [2.45, 2.75) is 19.9 Å². The first-order valence-corrected chi connectivity index (χ1v) is 5.52. The summed E-state index contributed by atoms with van der Waals surface area (Å²) in [6.45, 7) is 4.72. The van der Waals surface area contributed by atoms with Crippen LogP contribution in [0.5, 0.6) is 0 Å². The molecular formula is C11H12BrNO. The lowest BCUT2D eigenvalue weighted by atomic mass is 10.1. The molecule has 1 unspecified atom stereocenters. The second kappa shape index (κ2) is 3.73. The fourth-order valence-corrected chi connectivity index (χ4v) is 2.02. The molecule has 1 aromatic rings. The standard InChI is InChI=1S/C11H12BrNO/c1-3-14-11-9-5-4-8(12)6-10(9)7(2)13-11/h4-7H,3H2,1-2H3. The number of rotatable bonds is 1. The maximum absolute atomic E-state index is 5.47. The van der Waals surface area contributed by atoms with Gasteiger partial charge in [0.15, 0.2) is 0 Å². The van der Waals surface area contributed by atoms with Crippen LogP contribution in [0.25, 0.3) is 0 Å². The van der Waals surface area contributed by atoms with E-state index in [1.54, 1.807) is 0 Å². The summed E-state index contributed by atoms with van der Waals surface area (Å²) < 4.78 is 6.57. The van der Waals surface area contributed by atoms with Crippen molar-refractivity contribution >= 4 is 21.8 Å². The Morgan fingerprint density at radius 2 is 2.29 bits per heavy atom. The fraction of sp³-hybridized carbons (Fsp3) is 0.364. The quantitative estimate of drug-likeness (QED) is 0.753. The number of fused-ring (bicyclic) bond motifs is 1. The summed E-state index contributed by atoms with van der Waals surface area (Å²) in [5.74, 6) is 0.780. The van der Waals surface area contributed by atoms with E-state index >= 15 is 0 Å². The Labute approximate surface area is 92.1 Å². The van der Waals surface area contributed by atoms with Gasteiger partial charge in [-0.25, -0.2) is 4.99 Å². The molecule has 0 N–H and O–H groups in total. The molecule has 1 atom stereocenters. The molecule has 0 amide bonds. The van der Waals surface area contributed by atoms with Crippen LogP contribution >= 0.6 is 15.9 Å². The molecule has 1 aliphatic rings. The van der Waals surface area contributed by atoms with Gasteiger partial charge in [-0.05, 0) is 37.6 Å². The van der Waals surface area contributed by atoms with Crippen molar-refractivity contribution in [3.05, 3.63) is 33.8 Å². The van der Waals surface area contributed by atoms with Gasteiger partial charge in [0.2, 0.25) is 5.90 Å². The first kappa shape index (κ1) is 9.71. The van der Waals surface area contributed by atoms with E-state index in [0.29, 0.717) is 6.61 Å². The van der Waals surface area contributed by atoms with Gasteiger partial charge in [-0.3, -0.25) is 0 Å². The van der Waals surface area contributed by atoms with Gasteiger partial charge in [0.05, 0.1) is 12.6 Å². The normalized spacial score (nSPS) is 19.1. The van der Waals surface area contributed by atoms with E-state index in [1.165, 1.54) is 5.56 Å². The van der Waals surface area contributed by atoms with E-state index in [0.717, 1.165) is 15.9 Å². The van der Waals surface area contributed by atoms with Crippen molar-refractivity contribution in [3.63, 3.8) is 0 Å². The van der Waals surface area contributed by atoms with E-state index < -0.39 is 0 Å². The first-order chi connectivity index (χ1) is 6.72. The number of benzene rings is 1. The van der Waals surface area contributed by atoms with Crippen LogP contribution in [0, 0.1) is 0 Å². The Hall–Kier alpha value is -0.830. The smallest absolute Gasteiger partial charge is 0.217 e. The predicted molar refractivity (Wildman–Crippen MR) is 60.7 cm³/mol. The van der Waals surface area contributed by atoms with E-state index in [1.807, 2.05) is 13.0 Å². The van der Waals surface area contributed by atoms with Crippen LogP contribution in [0.2, 0.25) is 0 Å². The topological polar surface area (TPSA) is 21.6 Å². The van der Waals surface area contributed by atoms with E-state index in [2.05, 4.69) is 40.0 Å². The van der Waals surface area contributed by atoms with Crippen LogP contribution in [-0.2, 0) is 4.74 Å². The number of nitrogens with zero attached hydrogens (tertiary/aromatic N) is 1. The maximum atomic E-state index is 5.47. The summed E-state index contributed by atoms with van der Waals surface area (Å²) in [5, 5.41) is 0. The van der Waals surface area contributed by atoms with Crippen LogP contribution in [-0.4, -0.2) is 12.5 Å². The highest BCUT2D eigenvalue weighted by atomic mass is 79.9. The van der Waals surface area contributed by atoms with Gasteiger partial charge in [-0.15, -0.1) is 0 Å². The second-order valence-corrected chi connectivity index (χ2v) is 4.19. The summed E-state index contributed by atoms with van der Waals surface area (Å²) in [4.78, 5) is 4.46. The molecule has 2 nitrogen and oxygen atoms in total. The molecule has 14 heavy (non-hydrogen) atoms. The molecule has 1 heterocycles. The fourth-order valence-electron chi connectivity index (χ4n) is 1.64. The Kier molecular flexibility index (Phi) is 2.59. The first-order valence-electron chi connectivity index (χ1n) is 4.72. The van der Waals surface area contributed by atoms with Gasteiger partial charge < -0.3 is 4.74 Å². The van der Waals surface area contributed by atoms with Crippen LogP contribution in [0.3, 0.4) is 0 Å². The van der Waals surface area contributed by atoms with Gasteiger partial charge >= 0.3 is 0 Å². The summed E-state index contributed by atoms with van der Waals surface area (Å²) in [5.41, 5.74) is 2.37. The van der Waals surface area contributed by atoms with Gasteiger partial charge in [0.1, 0.15) is 0 Å². The molecule has 0 saturated heterocycles. The summed E-state index contributed by atoms with van der Waals surface area (Å²) >= 11 is 3.46. The SMILES string of the molecule is CCOC1=NC(C)c2cc(Br)ccc21. The third-order valence-electron chi connectivity index (χ3n) is 2.29. The van der Waals surface area contributed by atoms with Crippen LogP contribution in [0.15, 0.2) is 27.7 Å². The number of ether oxygens (including phenoxy) is 1. The lowest BCUT2D eigenvalue weighted by Crippen LogP contribution is -2.03. The molecule has 3 heteroatoms. The van der Waals surface area contributed by atoms with Gasteiger partial charge in [-0.2, -0.15) is 0 Å². The van der Waals surface area contributed by atoms with Crippen LogP contribution in [0.4, 0.5) is 0 Å². The van der Waals surface area contributed by atoms with E-state index in [-0.39, 0.29) is 6.04 Å². The molecule has 2 rings (SSSR count). The number of halogens is 1. The average molecular weight is 254 g/mol. The minimum absolute atomic E-state index is 0.212. The zero-order valence-corrected chi connectivity index (χ0v) is 9.84. The van der Waals surface area contributed by atoms with Gasteiger partial charge in [0, 0.05) is 10.0 Å². The van der Waals surface area contributed by atoms with Crippen molar-refractivity contribution in [2.24, 2.45) is 4.99 Å². The number of aliphatic imine (C=N–C) groups is 1. The van der Waals surface area contributed by atoms with Crippen molar-refractivity contribution in [1.29, 1.82) is 0 Å². The minimum atomic E-state index is 0.212. The molecule has 1 aromatic carbocycles. The molecule has 74 valence electrons. The highest BCUT2D eigenvalue weighted by molar-refractivity contribution is 9.10. The van der Waals surface area contributed by atoms with Crippen molar-refractivity contribution in [3.8, 4) is 0 Å². The Morgan fingerprint density at radius 3 is 3.00 bits per heavy atom. The summed E-state index contributed by atoms with van der Waals surface area (Å²) in [6.07, 6.45) is 0. The monoisotopic (exact) mass is 253 g/mol. The molecule has 1 aliphatic heterocycles.